The first-order valence-electron chi connectivity index (χ1n) is 6.33. The van der Waals surface area contributed by atoms with Crippen LogP contribution in [0.25, 0.3) is 6.08 Å². The van der Waals surface area contributed by atoms with E-state index in [1.54, 1.807) is 30.3 Å². The summed E-state index contributed by atoms with van der Waals surface area (Å²) in [4.78, 5) is 12.1. The van der Waals surface area contributed by atoms with Crippen molar-refractivity contribution < 1.29 is 18.0 Å². The van der Waals surface area contributed by atoms with Crippen molar-refractivity contribution in [3.8, 4) is 0 Å². The van der Waals surface area contributed by atoms with Crippen molar-refractivity contribution in [3.05, 3.63) is 76.9 Å². The van der Waals surface area contributed by atoms with E-state index in [0.29, 0.717) is 5.56 Å². The molecule has 0 aliphatic rings. The summed E-state index contributed by atoms with van der Waals surface area (Å²) in [6.45, 7) is 1.84. The van der Waals surface area contributed by atoms with Crippen LogP contribution >= 0.6 is 0 Å². The fourth-order valence-electron chi connectivity index (χ4n) is 1.85. The van der Waals surface area contributed by atoms with E-state index in [2.05, 4.69) is 0 Å². The summed E-state index contributed by atoms with van der Waals surface area (Å²) in [5.74, 6) is -1.02. The lowest BCUT2D eigenvalue weighted by atomic mass is 10.00. The molecule has 0 atom stereocenters. The van der Waals surface area contributed by atoms with Gasteiger partial charge in [-0.25, -0.2) is 0 Å². The maximum absolute atomic E-state index is 13.1. The molecule has 4 heteroatoms. The maximum Gasteiger partial charge on any atom is 0.420 e. The van der Waals surface area contributed by atoms with Gasteiger partial charge in [-0.2, -0.15) is 13.2 Å². The van der Waals surface area contributed by atoms with Gasteiger partial charge >= 0.3 is 6.18 Å². The van der Waals surface area contributed by atoms with Crippen LogP contribution in [0.3, 0.4) is 0 Å². The molecule has 108 valence electrons. The summed E-state index contributed by atoms with van der Waals surface area (Å²) in [5.41, 5.74) is 0.137. The largest absolute Gasteiger partial charge is 0.420 e. The second kappa shape index (κ2) is 5.95. The Hall–Kier alpha value is -2.36. The highest BCUT2D eigenvalue weighted by Crippen LogP contribution is 2.30. The monoisotopic (exact) mass is 290 g/mol. The third-order valence-corrected chi connectivity index (χ3v) is 2.97. The summed E-state index contributed by atoms with van der Waals surface area (Å²) in [5, 5.41) is 0. The molecule has 0 amide bonds. The zero-order valence-electron chi connectivity index (χ0n) is 11.3. The quantitative estimate of drug-likeness (QED) is 0.585. The molecule has 2 rings (SSSR count). The number of hydrogen-bond donors (Lipinski definition) is 0. The van der Waals surface area contributed by atoms with Gasteiger partial charge in [-0.3, -0.25) is 4.79 Å². The Morgan fingerprint density at radius 2 is 1.52 bits per heavy atom. The Morgan fingerprint density at radius 1 is 0.952 bits per heavy atom. The van der Waals surface area contributed by atoms with Crippen LogP contribution < -0.4 is 0 Å². The average molecular weight is 290 g/mol. The molecule has 21 heavy (non-hydrogen) atoms. The summed E-state index contributed by atoms with van der Waals surface area (Å²) in [7, 11) is 0. The van der Waals surface area contributed by atoms with Gasteiger partial charge in [0.05, 0.1) is 0 Å². The van der Waals surface area contributed by atoms with Crippen molar-refractivity contribution in [2.24, 2.45) is 0 Å². The van der Waals surface area contributed by atoms with Crippen molar-refractivity contribution >= 4 is 11.9 Å². The highest BCUT2D eigenvalue weighted by molar-refractivity contribution is 6.12. The Labute approximate surface area is 120 Å². The van der Waals surface area contributed by atoms with Crippen molar-refractivity contribution in [2.45, 2.75) is 13.1 Å². The third kappa shape index (κ3) is 3.81. The molecule has 0 heterocycles. The maximum atomic E-state index is 13.1. The number of carbonyl (C=O) groups is 1. The predicted molar refractivity (Wildman–Crippen MR) is 76.0 cm³/mol. The van der Waals surface area contributed by atoms with Gasteiger partial charge in [-0.1, -0.05) is 60.2 Å². The van der Waals surface area contributed by atoms with Crippen LogP contribution in [-0.2, 0) is 0 Å². The first kappa shape index (κ1) is 15.0. The molecule has 0 bridgehead atoms. The molecular weight excluding hydrogens is 277 g/mol. The number of ketones is 1. The Bertz CT molecular complexity index is 653. The van der Waals surface area contributed by atoms with E-state index < -0.39 is 17.5 Å². The minimum absolute atomic E-state index is 0.0215. The van der Waals surface area contributed by atoms with E-state index in [0.717, 1.165) is 11.6 Å². The van der Waals surface area contributed by atoms with E-state index in [1.807, 2.05) is 6.92 Å². The molecule has 0 aliphatic carbocycles. The lowest BCUT2D eigenvalue weighted by Gasteiger charge is -2.11. The minimum Gasteiger partial charge on any atom is -0.289 e. The van der Waals surface area contributed by atoms with Gasteiger partial charge in [0.25, 0.3) is 0 Å². The van der Waals surface area contributed by atoms with E-state index >= 15 is 0 Å². The standard InChI is InChI=1S/C17H13F3O/c1-12-7-9-13(10-8-12)11-15(17(18,19)20)16(21)14-5-3-2-4-6-14/h2-11H,1H3/b15-11-. The van der Waals surface area contributed by atoms with Crippen molar-refractivity contribution in [1.29, 1.82) is 0 Å². The van der Waals surface area contributed by atoms with Crippen LogP contribution in [0.4, 0.5) is 13.2 Å². The molecule has 0 aliphatic heterocycles. The fourth-order valence-corrected chi connectivity index (χ4v) is 1.85. The Kier molecular flexibility index (Phi) is 4.26. The summed E-state index contributed by atoms with van der Waals surface area (Å²) in [6.07, 6.45) is -3.81. The number of carbonyl (C=O) groups excluding carboxylic acids is 1. The minimum atomic E-state index is -4.70. The fraction of sp³-hybridized carbons (Fsp3) is 0.118. The van der Waals surface area contributed by atoms with Gasteiger partial charge in [0.2, 0.25) is 0 Å². The topological polar surface area (TPSA) is 17.1 Å². The zero-order chi connectivity index (χ0) is 15.5. The molecule has 0 radical (unpaired) electrons. The van der Waals surface area contributed by atoms with Crippen LogP contribution in [0.5, 0.6) is 0 Å². The number of allylic oxidation sites excluding steroid dienone is 1. The van der Waals surface area contributed by atoms with E-state index in [4.69, 9.17) is 0 Å². The Balaban J connectivity index is 2.45. The zero-order valence-corrected chi connectivity index (χ0v) is 11.3. The van der Waals surface area contributed by atoms with Crippen molar-refractivity contribution in [1.82, 2.24) is 0 Å². The number of Topliss-reactive ketones (excluding diaryl/α,β-unsaturated/α-hetero) is 1. The first-order chi connectivity index (χ1) is 9.88. The second-order valence-electron chi connectivity index (χ2n) is 4.66. The average Bonchev–Trinajstić information content (AvgIpc) is 2.45. The van der Waals surface area contributed by atoms with Gasteiger partial charge in [-0.15, -0.1) is 0 Å². The van der Waals surface area contributed by atoms with Crippen LogP contribution in [0.1, 0.15) is 21.5 Å². The molecule has 0 fully saturated rings. The number of halogens is 3. The third-order valence-electron chi connectivity index (χ3n) is 2.97. The lowest BCUT2D eigenvalue weighted by Crippen LogP contribution is -2.20. The van der Waals surface area contributed by atoms with E-state index in [1.165, 1.54) is 24.3 Å². The molecule has 0 aromatic heterocycles. The summed E-state index contributed by atoms with van der Waals surface area (Å²) >= 11 is 0. The lowest BCUT2D eigenvalue weighted by molar-refractivity contribution is -0.0878. The SMILES string of the molecule is Cc1ccc(/C=C(/C(=O)c2ccccc2)C(F)(F)F)cc1. The van der Waals surface area contributed by atoms with E-state index in [9.17, 15) is 18.0 Å². The molecular formula is C17H13F3O. The molecule has 0 saturated heterocycles. The number of benzene rings is 2. The van der Waals surface area contributed by atoms with E-state index in [-0.39, 0.29) is 5.56 Å². The number of alkyl halides is 3. The summed E-state index contributed by atoms with van der Waals surface area (Å²) < 4.78 is 39.4. The Morgan fingerprint density at radius 3 is 2.05 bits per heavy atom. The van der Waals surface area contributed by atoms with Crippen LogP contribution in [-0.4, -0.2) is 12.0 Å². The second-order valence-corrected chi connectivity index (χ2v) is 4.66. The van der Waals surface area contributed by atoms with Crippen molar-refractivity contribution in [3.63, 3.8) is 0 Å². The molecule has 0 unspecified atom stereocenters. The van der Waals surface area contributed by atoms with Gasteiger partial charge in [0.15, 0.2) is 5.78 Å². The van der Waals surface area contributed by atoms with Crippen molar-refractivity contribution in [2.75, 3.05) is 0 Å². The van der Waals surface area contributed by atoms with Gasteiger partial charge < -0.3 is 0 Å². The predicted octanol–water partition coefficient (Wildman–Crippen LogP) is 4.82. The number of aryl methyl sites for hydroxylation is 1. The highest BCUT2D eigenvalue weighted by Gasteiger charge is 2.38. The molecule has 2 aromatic rings. The molecule has 1 nitrogen and oxygen atoms in total. The van der Waals surface area contributed by atoms with Crippen LogP contribution in [0.2, 0.25) is 0 Å². The van der Waals surface area contributed by atoms with Crippen LogP contribution in [0.15, 0.2) is 60.2 Å². The number of rotatable bonds is 3. The molecule has 0 spiro atoms. The van der Waals surface area contributed by atoms with Crippen LogP contribution in [0, 0.1) is 6.92 Å². The smallest absolute Gasteiger partial charge is 0.289 e. The molecule has 2 aromatic carbocycles. The normalized spacial score (nSPS) is 12.3. The van der Waals surface area contributed by atoms with Gasteiger partial charge in [-0.05, 0) is 18.6 Å². The summed E-state index contributed by atoms with van der Waals surface area (Å²) in [6, 6.07) is 14.0. The first-order valence-corrected chi connectivity index (χ1v) is 6.33. The van der Waals surface area contributed by atoms with Gasteiger partial charge in [0, 0.05) is 5.56 Å². The van der Waals surface area contributed by atoms with Gasteiger partial charge in [0.1, 0.15) is 5.57 Å². The highest BCUT2D eigenvalue weighted by atomic mass is 19.4. The number of hydrogen-bond acceptors (Lipinski definition) is 1. The molecule has 0 N–H and O–H groups in total. The molecule has 0 saturated carbocycles.